The Hall–Kier alpha value is -0.970. The molecule has 0 aliphatic heterocycles. The zero-order valence-electron chi connectivity index (χ0n) is 10.3. The Balaban J connectivity index is 2.83. The fourth-order valence-corrected chi connectivity index (χ4v) is 4.89. The SMILES string of the molecule is COC(=O)CCC(NS(=O)(=O)c1sccc1Br)C(=O)O. The Morgan fingerprint density at radius 3 is 2.65 bits per heavy atom. The third kappa shape index (κ3) is 4.54. The summed E-state index contributed by atoms with van der Waals surface area (Å²) in [6.07, 6.45) is -0.383. The number of aliphatic carboxylic acids is 1. The average molecular weight is 386 g/mol. The van der Waals surface area contributed by atoms with Gasteiger partial charge in [-0.3, -0.25) is 9.59 Å². The zero-order valence-corrected chi connectivity index (χ0v) is 13.5. The van der Waals surface area contributed by atoms with Crippen molar-refractivity contribution in [3.63, 3.8) is 0 Å². The Morgan fingerprint density at radius 1 is 1.55 bits per heavy atom. The summed E-state index contributed by atoms with van der Waals surface area (Å²) in [7, 11) is -2.79. The number of hydrogen-bond acceptors (Lipinski definition) is 6. The van der Waals surface area contributed by atoms with Crippen molar-refractivity contribution in [3.8, 4) is 0 Å². The van der Waals surface area contributed by atoms with Gasteiger partial charge in [-0.2, -0.15) is 4.72 Å². The normalized spacial score (nSPS) is 12.9. The first-order valence-electron chi connectivity index (χ1n) is 5.33. The molecular formula is C10H12BrNO6S2. The summed E-state index contributed by atoms with van der Waals surface area (Å²) in [5, 5.41) is 10.6. The molecule has 1 atom stereocenters. The van der Waals surface area contributed by atoms with E-state index in [1.54, 1.807) is 11.4 Å². The van der Waals surface area contributed by atoms with E-state index in [1.165, 1.54) is 7.11 Å². The number of carboxylic acid groups (broad SMARTS) is 1. The molecule has 1 aromatic rings. The molecule has 0 saturated carbocycles. The molecule has 0 aromatic carbocycles. The van der Waals surface area contributed by atoms with Crippen LogP contribution in [-0.2, 0) is 24.3 Å². The van der Waals surface area contributed by atoms with Crippen LogP contribution in [0.1, 0.15) is 12.8 Å². The molecule has 0 spiro atoms. The van der Waals surface area contributed by atoms with Gasteiger partial charge in [-0.15, -0.1) is 11.3 Å². The minimum absolute atomic E-state index is 0.0122. The summed E-state index contributed by atoms with van der Waals surface area (Å²) in [5.41, 5.74) is 0. The van der Waals surface area contributed by atoms with Gasteiger partial charge in [-0.25, -0.2) is 8.42 Å². The summed E-state index contributed by atoms with van der Waals surface area (Å²) in [5.74, 6) is -1.96. The molecule has 1 unspecified atom stereocenters. The number of halogens is 1. The first kappa shape index (κ1) is 17.1. The predicted molar refractivity (Wildman–Crippen MR) is 75.0 cm³/mol. The van der Waals surface area contributed by atoms with E-state index in [2.05, 4.69) is 25.4 Å². The quantitative estimate of drug-likeness (QED) is 0.682. The molecule has 112 valence electrons. The van der Waals surface area contributed by atoms with Gasteiger partial charge < -0.3 is 9.84 Å². The summed E-state index contributed by atoms with van der Waals surface area (Å²) in [4.78, 5) is 22.0. The van der Waals surface area contributed by atoms with E-state index in [1.807, 2.05) is 0 Å². The molecule has 0 amide bonds. The maximum atomic E-state index is 12.0. The van der Waals surface area contributed by atoms with Gasteiger partial charge in [0.25, 0.3) is 10.0 Å². The first-order valence-corrected chi connectivity index (χ1v) is 8.48. The van der Waals surface area contributed by atoms with E-state index in [0.29, 0.717) is 4.47 Å². The molecule has 2 N–H and O–H groups in total. The van der Waals surface area contributed by atoms with Crippen molar-refractivity contribution in [2.24, 2.45) is 0 Å². The van der Waals surface area contributed by atoms with Crippen molar-refractivity contribution in [2.75, 3.05) is 7.11 Å². The minimum atomic E-state index is -3.96. The van der Waals surface area contributed by atoms with Crippen LogP contribution in [-0.4, -0.2) is 38.6 Å². The fraction of sp³-hybridized carbons (Fsp3) is 0.400. The van der Waals surface area contributed by atoms with Crippen molar-refractivity contribution in [3.05, 3.63) is 15.9 Å². The Morgan fingerprint density at radius 2 is 2.20 bits per heavy atom. The molecule has 1 rings (SSSR count). The zero-order chi connectivity index (χ0) is 15.3. The minimum Gasteiger partial charge on any atom is -0.480 e. The van der Waals surface area contributed by atoms with E-state index < -0.39 is 28.0 Å². The van der Waals surface area contributed by atoms with Crippen molar-refractivity contribution >= 4 is 49.2 Å². The number of ether oxygens (including phenoxy) is 1. The number of carbonyl (C=O) groups excluding carboxylic acids is 1. The number of carboxylic acids is 1. The van der Waals surface area contributed by atoms with Crippen molar-refractivity contribution in [2.45, 2.75) is 23.1 Å². The summed E-state index contributed by atoms with van der Waals surface area (Å²) < 4.78 is 30.9. The molecule has 0 bridgehead atoms. The third-order valence-corrected chi connectivity index (χ3v) is 6.43. The lowest BCUT2D eigenvalue weighted by Crippen LogP contribution is -2.40. The topological polar surface area (TPSA) is 110 Å². The second-order valence-corrected chi connectivity index (χ2v) is 7.36. The highest BCUT2D eigenvalue weighted by molar-refractivity contribution is 9.10. The molecule has 1 aromatic heterocycles. The summed E-state index contributed by atoms with van der Waals surface area (Å²) in [6.45, 7) is 0. The maximum Gasteiger partial charge on any atom is 0.321 e. The van der Waals surface area contributed by atoms with Crippen LogP contribution in [0.3, 0.4) is 0 Å². The molecule has 0 aliphatic rings. The van der Waals surface area contributed by atoms with Crippen molar-refractivity contribution in [1.29, 1.82) is 0 Å². The molecule has 0 aliphatic carbocycles. The monoisotopic (exact) mass is 385 g/mol. The van der Waals surface area contributed by atoms with Gasteiger partial charge in [0, 0.05) is 10.9 Å². The molecule has 0 radical (unpaired) electrons. The summed E-state index contributed by atoms with van der Waals surface area (Å²) >= 11 is 4.03. The van der Waals surface area contributed by atoms with Gasteiger partial charge in [0.2, 0.25) is 0 Å². The van der Waals surface area contributed by atoms with Gasteiger partial charge in [-0.1, -0.05) is 0 Å². The van der Waals surface area contributed by atoms with Crippen LogP contribution in [0.4, 0.5) is 0 Å². The number of rotatable bonds is 7. The highest BCUT2D eigenvalue weighted by Gasteiger charge is 2.28. The van der Waals surface area contributed by atoms with E-state index >= 15 is 0 Å². The molecule has 0 saturated heterocycles. The number of esters is 1. The first-order chi connectivity index (χ1) is 9.27. The van der Waals surface area contributed by atoms with Gasteiger partial charge >= 0.3 is 11.9 Å². The summed E-state index contributed by atoms with van der Waals surface area (Å²) in [6, 6.07) is 0.150. The fourth-order valence-electron chi connectivity index (χ4n) is 1.31. The number of hydrogen-bond donors (Lipinski definition) is 2. The molecule has 7 nitrogen and oxygen atoms in total. The van der Waals surface area contributed by atoms with Gasteiger partial charge in [0.05, 0.1) is 7.11 Å². The molecule has 20 heavy (non-hydrogen) atoms. The van der Waals surface area contributed by atoms with Crippen LogP contribution in [0.15, 0.2) is 20.1 Å². The molecule has 0 fully saturated rings. The van der Waals surface area contributed by atoms with Crippen LogP contribution < -0.4 is 4.72 Å². The highest BCUT2D eigenvalue weighted by Crippen LogP contribution is 2.27. The van der Waals surface area contributed by atoms with Crippen LogP contribution in [0.2, 0.25) is 0 Å². The molecule has 10 heteroatoms. The van der Waals surface area contributed by atoms with Crippen LogP contribution in [0.5, 0.6) is 0 Å². The lowest BCUT2D eigenvalue weighted by Gasteiger charge is -2.13. The van der Waals surface area contributed by atoms with E-state index in [9.17, 15) is 18.0 Å². The highest BCUT2D eigenvalue weighted by atomic mass is 79.9. The Kier molecular flexibility index (Phi) is 6.11. The second-order valence-electron chi connectivity index (χ2n) is 3.68. The van der Waals surface area contributed by atoms with Gasteiger partial charge in [0.15, 0.2) is 0 Å². The average Bonchev–Trinajstić information content (AvgIpc) is 2.80. The second kappa shape index (κ2) is 7.16. The van der Waals surface area contributed by atoms with Gasteiger partial charge in [0.1, 0.15) is 10.3 Å². The van der Waals surface area contributed by atoms with E-state index in [4.69, 9.17) is 5.11 Å². The Labute approximate surface area is 128 Å². The van der Waals surface area contributed by atoms with Crippen LogP contribution >= 0.6 is 27.3 Å². The Bertz CT molecular complexity index is 597. The van der Waals surface area contributed by atoms with E-state index in [-0.39, 0.29) is 17.1 Å². The number of methoxy groups -OCH3 is 1. The number of thiophene rings is 1. The smallest absolute Gasteiger partial charge is 0.321 e. The lowest BCUT2D eigenvalue weighted by atomic mass is 10.2. The molecular weight excluding hydrogens is 374 g/mol. The third-order valence-electron chi connectivity index (χ3n) is 2.29. The standard InChI is InChI=1S/C10H12BrNO6S2/c1-18-8(13)3-2-7(9(14)15)12-20(16,17)10-6(11)4-5-19-10/h4-5,7,12H,2-3H2,1H3,(H,14,15). The lowest BCUT2D eigenvalue weighted by molar-refractivity contribution is -0.142. The molecule has 1 heterocycles. The van der Waals surface area contributed by atoms with Crippen LogP contribution in [0.25, 0.3) is 0 Å². The van der Waals surface area contributed by atoms with Gasteiger partial charge in [-0.05, 0) is 33.8 Å². The van der Waals surface area contributed by atoms with Crippen molar-refractivity contribution in [1.82, 2.24) is 4.72 Å². The van der Waals surface area contributed by atoms with E-state index in [0.717, 1.165) is 11.3 Å². The predicted octanol–water partition coefficient (Wildman–Crippen LogP) is 1.20. The van der Waals surface area contributed by atoms with Crippen molar-refractivity contribution < 1.29 is 27.9 Å². The maximum absolute atomic E-state index is 12.0. The van der Waals surface area contributed by atoms with Crippen LogP contribution in [0, 0.1) is 0 Å². The number of sulfonamides is 1. The number of carbonyl (C=O) groups is 2. The largest absolute Gasteiger partial charge is 0.480 e. The number of nitrogens with one attached hydrogen (secondary N) is 1.